The molecule has 20 rings (SSSR count). The molecule has 0 spiro atoms. The predicted molar refractivity (Wildman–Crippen MR) is 478 cm³/mol. The monoisotopic (exact) mass is 1590 g/mol. The Morgan fingerprint density at radius 2 is 1.23 bits per heavy atom. The summed E-state index contributed by atoms with van der Waals surface area (Å²) in [7, 11) is 1.96. The second kappa shape index (κ2) is 39.8. The summed E-state index contributed by atoms with van der Waals surface area (Å²) < 4.78 is 35.1. The minimum absolute atomic E-state index is 0.178. The van der Waals surface area contributed by atoms with E-state index in [2.05, 4.69) is 252 Å². The summed E-state index contributed by atoms with van der Waals surface area (Å²) in [6, 6.07) is 59.9. The van der Waals surface area contributed by atoms with Crippen molar-refractivity contribution in [3.63, 3.8) is 0 Å². The number of thiazole rings is 3. The molecular weight excluding hydrogens is 1490 g/mol. The fourth-order valence-electron chi connectivity index (χ4n) is 12.4. The van der Waals surface area contributed by atoms with E-state index in [1.807, 2.05) is 108 Å². The van der Waals surface area contributed by atoms with Crippen LogP contribution in [0.3, 0.4) is 0 Å². The molecule has 0 amide bonds. The maximum atomic E-state index is 12.7. The zero-order valence-corrected chi connectivity index (χ0v) is 70.3. The Kier molecular flexibility index (Phi) is 29.1. The van der Waals surface area contributed by atoms with Crippen molar-refractivity contribution in [1.29, 1.82) is 0 Å². The molecule has 0 fully saturated rings. The Balaban J connectivity index is 0.000000126. The number of aromatic nitrogens is 15. The first-order chi connectivity index (χ1) is 55.4. The molecule has 115 heavy (non-hydrogen) atoms. The molecule has 7 N–H and O–H groups in total. The molecule has 11 heterocycles. The lowest BCUT2D eigenvalue weighted by Crippen LogP contribution is -2.10. The topological polar surface area (TPSA) is 229 Å². The van der Waals surface area contributed by atoms with E-state index < -0.39 is 0 Å². The summed E-state index contributed by atoms with van der Waals surface area (Å²) in [5, 5.41) is 21.3. The van der Waals surface area contributed by atoms with Crippen molar-refractivity contribution < 1.29 is 8.78 Å². The Morgan fingerprint density at radius 3 is 1.96 bits per heavy atom. The van der Waals surface area contributed by atoms with Gasteiger partial charge in [0.25, 0.3) is 0 Å². The van der Waals surface area contributed by atoms with Gasteiger partial charge in [0.05, 0.1) is 127 Å². The van der Waals surface area contributed by atoms with Gasteiger partial charge in [0.1, 0.15) is 17.5 Å². The number of hydrogen-bond donors (Lipinski definition) is 5. The molecule has 0 saturated carbocycles. The van der Waals surface area contributed by atoms with Crippen molar-refractivity contribution in [1.82, 2.24) is 73.9 Å². The summed E-state index contributed by atoms with van der Waals surface area (Å²) in [5.41, 5.74) is 36.4. The molecule has 8 aromatic carbocycles. The van der Waals surface area contributed by atoms with E-state index in [4.69, 9.17) is 11.5 Å². The number of nitrogens with zero attached hydrogens (tertiary/aromatic N) is 12. The Labute approximate surface area is 682 Å². The molecule has 0 bridgehead atoms. The normalized spacial score (nSPS) is 11.3. The fourth-order valence-corrected chi connectivity index (χ4v) is 15.1. The summed E-state index contributed by atoms with van der Waals surface area (Å²) in [4.78, 5) is 31.8. The first-order valence-corrected chi connectivity index (χ1v) is 41.0. The summed E-state index contributed by atoms with van der Waals surface area (Å²) in [5.74, 6) is 0.493. The average Bonchev–Trinajstić information content (AvgIpc) is 1.73. The van der Waals surface area contributed by atoms with Crippen LogP contribution >= 0.6 is 34.0 Å². The summed E-state index contributed by atoms with van der Waals surface area (Å²) in [6.45, 7) is 28.7. The highest BCUT2D eigenvalue weighted by Crippen LogP contribution is 2.30. The number of halogens is 2. The van der Waals surface area contributed by atoms with Gasteiger partial charge in [-0.15, -0.1) is 34.0 Å². The molecule has 22 heteroatoms. The van der Waals surface area contributed by atoms with E-state index in [1.54, 1.807) is 58.8 Å². The standard InChI is InChI=1S/C12H15NS.C10H10FN.C10H11NS.C9H9FN2.3C9H10N2.C9H9NS.C8H9N3.C8H8N2/c1-8-13-10-6-5-9(12(2,3)4)7-11(10)14-8;11-10-2-1-8-3-7(6-12)4-9(8)5-10;1-3-10-11-8-6-7(2)4-5-9(8)12-10;1-2-9-11-7-4-3-6(10)5-8(7)12-9;1-7-3-4-9-8(5-7)6-10-11(9)2;1-2-7-3-4-9-8(5-7)6-10-11-9;1-2-8-7-9-5-3-4-6-11(9)10-8;1-6-3-4-8-9(5-6)11-7(2)10-8;9-3-7-1-2-8-4-10-6-11(8)5-7;1-6-2-3-7-8(4-6)10-5-9-7/h5-7H,1-4H3;1-2,4-5H,3,6,12H2;4-6H,3H2,1-2H3;3-5H,2H2,1H3,(H,11,12);3-6H,1-2H3;3-6H,2H2,1H3,(H,10,11);3-7H,2H2,1H3;3-5H,1-2H3;1-2,4-6H,3,9H2;2-5H,1H3,(H,9,10). The number of hydrogen-bond acceptors (Lipinski definition) is 14. The van der Waals surface area contributed by atoms with Crippen LogP contribution in [-0.2, 0) is 51.1 Å². The van der Waals surface area contributed by atoms with E-state index in [9.17, 15) is 8.78 Å². The highest BCUT2D eigenvalue weighted by Gasteiger charge is 2.15. The highest BCUT2D eigenvalue weighted by atomic mass is 32.1. The largest absolute Gasteiger partial charge is 0.345 e. The number of rotatable bonds is 6. The van der Waals surface area contributed by atoms with Crippen LogP contribution in [0, 0.1) is 53.2 Å². The SMILES string of the molecule is CCc1cc2ccccn2n1.CCc1ccc2[nH]ncc2c1.CCc1nc2cc(C)ccc2s1.CCc1nc2ccc(F)cc2[nH]1.Cc1ccc2c(cnn2C)c1.Cc1ccc2nc(C)sc2c1.Cc1ccc2nc[nH]c2c1.Cc1nc2ccc(C(C)(C)C)cc2s1.NCC1=Cc2cc(F)ccc2C1.NCc1ccc2cncn2c1. The predicted octanol–water partition coefficient (Wildman–Crippen LogP) is 22.5. The van der Waals surface area contributed by atoms with Crippen LogP contribution in [0.2, 0.25) is 0 Å². The molecule has 1 aliphatic carbocycles. The van der Waals surface area contributed by atoms with Gasteiger partial charge in [-0.25, -0.2) is 43.2 Å². The van der Waals surface area contributed by atoms with Gasteiger partial charge in [0.15, 0.2) is 0 Å². The molecule has 0 atom stereocenters. The second-order valence-electron chi connectivity index (χ2n) is 29.0. The Bertz CT molecular complexity index is 6190. The number of benzene rings is 8. The number of aromatic amines is 3. The zero-order valence-electron chi connectivity index (χ0n) is 67.9. The first-order valence-electron chi connectivity index (χ1n) is 38.6. The minimum Gasteiger partial charge on any atom is -0.345 e. The van der Waals surface area contributed by atoms with Crippen LogP contribution in [0.1, 0.15) is 125 Å². The lowest BCUT2D eigenvalue weighted by molar-refractivity contribution is 0.591. The van der Waals surface area contributed by atoms with E-state index in [0.29, 0.717) is 13.1 Å². The third-order valence-corrected chi connectivity index (χ3v) is 21.8. The van der Waals surface area contributed by atoms with Crippen LogP contribution in [0.5, 0.6) is 0 Å². The maximum Gasteiger partial charge on any atom is 0.125 e. The minimum atomic E-state index is -0.228. The molecule has 19 aromatic rings. The Morgan fingerprint density at radius 1 is 0.530 bits per heavy atom. The quantitative estimate of drug-likeness (QED) is 0.105. The molecular formula is C93H101F2N17S3. The van der Waals surface area contributed by atoms with Gasteiger partial charge in [-0.2, -0.15) is 15.3 Å². The number of nitrogens with two attached hydrogens (primary N) is 2. The number of H-pyrrole nitrogens is 3. The van der Waals surface area contributed by atoms with Crippen molar-refractivity contribution in [2.75, 3.05) is 6.54 Å². The number of imidazole rings is 3. The van der Waals surface area contributed by atoms with Crippen molar-refractivity contribution in [3.8, 4) is 0 Å². The van der Waals surface area contributed by atoms with Crippen LogP contribution in [-0.4, -0.2) is 80.4 Å². The number of fused-ring (bicyclic) bond motifs is 10. The average molecular weight is 1590 g/mol. The van der Waals surface area contributed by atoms with Crippen LogP contribution in [0.15, 0.2) is 231 Å². The highest BCUT2D eigenvalue weighted by molar-refractivity contribution is 7.19. The van der Waals surface area contributed by atoms with Gasteiger partial charge in [0, 0.05) is 49.7 Å². The van der Waals surface area contributed by atoms with Crippen molar-refractivity contribution in [2.45, 2.75) is 134 Å². The number of pyridine rings is 2. The first kappa shape index (κ1) is 84.1. The molecule has 0 saturated heterocycles. The molecule has 1 aliphatic rings. The fraction of sp³-hybridized carbons (Fsp3) is 0.237. The lowest BCUT2D eigenvalue weighted by Gasteiger charge is -2.18. The summed E-state index contributed by atoms with van der Waals surface area (Å²) in [6.07, 6.45) is 19.8. The van der Waals surface area contributed by atoms with Gasteiger partial charge in [0.2, 0.25) is 0 Å². The van der Waals surface area contributed by atoms with Gasteiger partial charge in [-0.3, -0.25) is 9.78 Å². The second-order valence-corrected chi connectivity index (χ2v) is 32.5. The van der Waals surface area contributed by atoms with Gasteiger partial charge >= 0.3 is 0 Å². The van der Waals surface area contributed by atoms with E-state index in [-0.39, 0.29) is 17.0 Å². The van der Waals surface area contributed by atoms with Gasteiger partial charge in [-0.05, 0) is 245 Å². The lowest BCUT2D eigenvalue weighted by atomic mass is 9.87. The Hall–Kier alpha value is -11.8. The molecule has 17 nitrogen and oxygen atoms in total. The van der Waals surface area contributed by atoms with Crippen molar-refractivity contribution in [3.05, 3.63) is 319 Å². The van der Waals surface area contributed by atoms with E-state index in [1.165, 1.54) is 104 Å². The number of nitrogens with one attached hydrogen (secondary N) is 3. The molecule has 0 aliphatic heterocycles. The number of aryl methyl sites for hydroxylation is 11. The van der Waals surface area contributed by atoms with E-state index in [0.717, 1.165) is 114 Å². The smallest absolute Gasteiger partial charge is 0.125 e. The van der Waals surface area contributed by atoms with E-state index >= 15 is 0 Å². The third-order valence-electron chi connectivity index (χ3n) is 18.8. The van der Waals surface area contributed by atoms with Crippen LogP contribution in [0.4, 0.5) is 8.78 Å². The molecule has 11 aromatic heterocycles. The third kappa shape index (κ3) is 23.5. The van der Waals surface area contributed by atoms with Gasteiger partial charge < -0.3 is 25.8 Å². The zero-order chi connectivity index (χ0) is 81.7. The van der Waals surface area contributed by atoms with Gasteiger partial charge in [-0.1, -0.05) is 120 Å². The molecule has 0 radical (unpaired) electrons. The van der Waals surface area contributed by atoms with Crippen LogP contribution < -0.4 is 11.5 Å². The maximum absolute atomic E-state index is 12.7. The molecule has 590 valence electrons. The van der Waals surface area contributed by atoms with Crippen molar-refractivity contribution >= 4 is 126 Å². The summed E-state index contributed by atoms with van der Waals surface area (Å²) >= 11 is 5.32. The molecule has 0 unspecified atom stereocenters. The van der Waals surface area contributed by atoms with Crippen molar-refractivity contribution in [2.24, 2.45) is 18.5 Å². The van der Waals surface area contributed by atoms with Crippen LogP contribution in [0.25, 0.3) is 91.6 Å².